The Labute approximate surface area is 90.9 Å². The van der Waals surface area contributed by atoms with Gasteiger partial charge in [-0.05, 0) is 39.2 Å². The lowest BCUT2D eigenvalue weighted by molar-refractivity contribution is 0.110. The third kappa shape index (κ3) is 4.45. The number of hydrogen-bond donors (Lipinski definition) is 0. The Morgan fingerprint density at radius 3 is 2.29 bits per heavy atom. The van der Waals surface area contributed by atoms with Crippen LogP contribution in [0.5, 0.6) is 0 Å². The van der Waals surface area contributed by atoms with Crippen LogP contribution in [0.3, 0.4) is 0 Å². The van der Waals surface area contributed by atoms with E-state index >= 15 is 0 Å². The van der Waals surface area contributed by atoms with Crippen LogP contribution in [0.2, 0.25) is 0 Å². The van der Waals surface area contributed by atoms with E-state index in [0.717, 1.165) is 18.0 Å². The van der Waals surface area contributed by atoms with Gasteiger partial charge in [0.15, 0.2) is 0 Å². The zero-order valence-corrected chi connectivity index (χ0v) is 11.0. The second-order valence-electron chi connectivity index (χ2n) is 4.73. The summed E-state index contributed by atoms with van der Waals surface area (Å²) in [4.78, 5) is 2.57. The van der Waals surface area contributed by atoms with Crippen LogP contribution < -0.4 is 0 Å². The number of nitrogens with zero attached hydrogens (tertiary/aromatic N) is 1. The third-order valence-electron chi connectivity index (χ3n) is 3.17. The minimum absolute atomic E-state index is 0.808. The van der Waals surface area contributed by atoms with Gasteiger partial charge in [0.25, 0.3) is 0 Å². The molecule has 0 amide bonds. The molecule has 0 bridgehead atoms. The van der Waals surface area contributed by atoms with E-state index in [-0.39, 0.29) is 0 Å². The molecular weight excluding hydrogens is 170 g/mol. The van der Waals surface area contributed by atoms with Crippen molar-refractivity contribution in [3.05, 3.63) is 0 Å². The molecule has 1 nitrogen and oxygen atoms in total. The fourth-order valence-electron chi connectivity index (χ4n) is 2.24. The monoisotopic (exact) mass is 199 g/mol. The Morgan fingerprint density at radius 1 is 1.21 bits per heavy atom. The molecule has 0 aromatic rings. The van der Waals surface area contributed by atoms with Crippen LogP contribution in [0.4, 0.5) is 0 Å². The Bertz CT molecular complexity index is 131. The molecule has 1 heterocycles. The summed E-state index contributed by atoms with van der Waals surface area (Å²) < 4.78 is 0. The molecule has 2 unspecified atom stereocenters. The number of piperidine rings is 1. The first-order chi connectivity index (χ1) is 6.61. The fourth-order valence-corrected chi connectivity index (χ4v) is 2.24. The van der Waals surface area contributed by atoms with Crippen molar-refractivity contribution in [3.63, 3.8) is 0 Å². The van der Waals surface area contributed by atoms with Gasteiger partial charge in [-0.25, -0.2) is 0 Å². The zero-order chi connectivity index (χ0) is 11.1. The SMILES string of the molecule is CC.CC(C)CC1CCCC(C)N1C. The highest BCUT2D eigenvalue weighted by molar-refractivity contribution is 4.80. The molecule has 1 saturated heterocycles. The Kier molecular flexibility index (Phi) is 7.26. The lowest BCUT2D eigenvalue weighted by Crippen LogP contribution is -2.42. The van der Waals surface area contributed by atoms with Crippen LogP contribution >= 0.6 is 0 Å². The van der Waals surface area contributed by atoms with Gasteiger partial charge >= 0.3 is 0 Å². The van der Waals surface area contributed by atoms with Crippen molar-refractivity contribution in [1.82, 2.24) is 4.90 Å². The Balaban J connectivity index is 0.000000791. The molecule has 0 aromatic heterocycles. The maximum atomic E-state index is 2.57. The van der Waals surface area contributed by atoms with E-state index in [1.54, 1.807) is 0 Å². The average Bonchev–Trinajstić information content (AvgIpc) is 2.16. The summed E-state index contributed by atoms with van der Waals surface area (Å²) in [5, 5.41) is 0. The summed E-state index contributed by atoms with van der Waals surface area (Å²) in [6.45, 7) is 11.0. The predicted molar refractivity (Wildman–Crippen MR) is 65.7 cm³/mol. The quantitative estimate of drug-likeness (QED) is 0.651. The topological polar surface area (TPSA) is 3.24 Å². The largest absolute Gasteiger partial charge is 0.301 e. The van der Waals surface area contributed by atoms with E-state index in [1.807, 2.05) is 13.8 Å². The molecule has 1 aliphatic rings. The molecule has 86 valence electrons. The first-order valence-electron chi connectivity index (χ1n) is 6.33. The van der Waals surface area contributed by atoms with Crippen molar-refractivity contribution in [2.45, 2.75) is 72.4 Å². The molecule has 1 rings (SSSR count). The van der Waals surface area contributed by atoms with Gasteiger partial charge < -0.3 is 4.90 Å². The molecule has 0 spiro atoms. The van der Waals surface area contributed by atoms with Gasteiger partial charge in [0, 0.05) is 12.1 Å². The van der Waals surface area contributed by atoms with Crippen LogP contribution in [0, 0.1) is 5.92 Å². The molecule has 2 atom stereocenters. The van der Waals surface area contributed by atoms with E-state index in [0.29, 0.717) is 0 Å². The van der Waals surface area contributed by atoms with Crippen LogP contribution in [0.1, 0.15) is 60.3 Å². The zero-order valence-electron chi connectivity index (χ0n) is 11.0. The van der Waals surface area contributed by atoms with Crippen LogP contribution in [0.15, 0.2) is 0 Å². The van der Waals surface area contributed by atoms with Crippen molar-refractivity contribution in [2.24, 2.45) is 5.92 Å². The molecular formula is C13H29N. The molecule has 1 heteroatoms. The molecule has 14 heavy (non-hydrogen) atoms. The van der Waals surface area contributed by atoms with Crippen molar-refractivity contribution in [3.8, 4) is 0 Å². The first kappa shape index (κ1) is 14.0. The second-order valence-corrected chi connectivity index (χ2v) is 4.73. The van der Waals surface area contributed by atoms with E-state index in [9.17, 15) is 0 Å². The lowest BCUT2D eigenvalue weighted by atomic mass is 9.91. The second kappa shape index (κ2) is 7.28. The number of hydrogen-bond acceptors (Lipinski definition) is 1. The smallest absolute Gasteiger partial charge is 0.00974 e. The fraction of sp³-hybridized carbons (Fsp3) is 1.00. The van der Waals surface area contributed by atoms with E-state index in [4.69, 9.17) is 0 Å². The van der Waals surface area contributed by atoms with Crippen LogP contribution in [0.25, 0.3) is 0 Å². The van der Waals surface area contributed by atoms with Gasteiger partial charge in [0.05, 0.1) is 0 Å². The molecule has 0 saturated carbocycles. The number of likely N-dealkylation sites (tertiary alicyclic amines) is 1. The molecule has 0 radical (unpaired) electrons. The first-order valence-corrected chi connectivity index (χ1v) is 6.33. The standard InChI is InChI=1S/C11H23N.C2H6/c1-9(2)8-11-7-5-6-10(3)12(11)4;1-2/h9-11H,5-8H2,1-4H3;1-2H3. The van der Waals surface area contributed by atoms with E-state index < -0.39 is 0 Å². The molecule has 0 aliphatic carbocycles. The summed E-state index contributed by atoms with van der Waals surface area (Å²) in [5.41, 5.74) is 0. The van der Waals surface area contributed by atoms with Crippen molar-refractivity contribution < 1.29 is 0 Å². The Morgan fingerprint density at radius 2 is 1.79 bits per heavy atom. The van der Waals surface area contributed by atoms with Gasteiger partial charge in [-0.2, -0.15) is 0 Å². The minimum atomic E-state index is 0.808. The highest BCUT2D eigenvalue weighted by Crippen LogP contribution is 2.25. The van der Waals surface area contributed by atoms with Gasteiger partial charge in [-0.3, -0.25) is 0 Å². The maximum Gasteiger partial charge on any atom is 0.00974 e. The highest BCUT2D eigenvalue weighted by Gasteiger charge is 2.24. The summed E-state index contributed by atoms with van der Waals surface area (Å²) in [6.07, 6.45) is 5.62. The number of rotatable bonds is 2. The van der Waals surface area contributed by atoms with Gasteiger partial charge in [0.1, 0.15) is 0 Å². The normalized spacial score (nSPS) is 28.5. The van der Waals surface area contributed by atoms with Gasteiger partial charge in [0.2, 0.25) is 0 Å². The van der Waals surface area contributed by atoms with Gasteiger partial charge in [-0.15, -0.1) is 0 Å². The minimum Gasteiger partial charge on any atom is -0.301 e. The van der Waals surface area contributed by atoms with Gasteiger partial charge in [-0.1, -0.05) is 34.1 Å². The summed E-state index contributed by atoms with van der Waals surface area (Å²) >= 11 is 0. The van der Waals surface area contributed by atoms with Crippen LogP contribution in [-0.4, -0.2) is 24.0 Å². The van der Waals surface area contributed by atoms with Crippen molar-refractivity contribution >= 4 is 0 Å². The summed E-state index contributed by atoms with van der Waals surface area (Å²) in [5.74, 6) is 0.850. The molecule has 1 aliphatic heterocycles. The van der Waals surface area contributed by atoms with E-state index in [1.165, 1.54) is 25.7 Å². The highest BCUT2D eigenvalue weighted by atomic mass is 15.2. The average molecular weight is 199 g/mol. The lowest BCUT2D eigenvalue weighted by Gasteiger charge is -2.38. The maximum absolute atomic E-state index is 2.57. The molecule has 1 fully saturated rings. The summed E-state index contributed by atoms with van der Waals surface area (Å²) in [6, 6.07) is 1.66. The van der Waals surface area contributed by atoms with Crippen molar-refractivity contribution in [2.75, 3.05) is 7.05 Å². The molecule has 0 N–H and O–H groups in total. The van der Waals surface area contributed by atoms with E-state index in [2.05, 4.69) is 32.7 Å². The van der Waals surface area contributed by atoms with Crippen LogP contribution in [-0.2, 0) is 0 Å². The predicted octanol–water partition coefficient (Wildman–Crippen LogP) is 3.93. The Hall–Kier alpha value is -0.0400. The summed E-state index contributed by atoms with van der Waals surface area (Å²) in [7, 11) is 2.29. The third-order valence-corrected chi connectivity index (χ3v) is 3.17. The molecule has 0 aromatic carbocycles. The van der Waals surface area contributed by atoms with Crippen molar-refractivity contribution in [1.29, 1.82) is 0 Å².